The van der Waals surface area contributed by atoms with Crippen molar-refractivity contribution in [3.63, 3.8) is 0 Å². The van der Waals surface area contributed by atoms with Gasteiger partial charge in [0.2, 0.25) is 0 Å². The molecule has 3 atom stereocenters. The minimum atomic E-state index is -4.94. The van der Waals surface area contributed by atoms with Crippen molar-refractivity contribution < 1.29 is 26.3 Å². The zero-order valence-electron chi connectivity index (χ0n) is 23.6. The van der Waals surface area contributed by atoms with Crippen LogP contribution in [0.4, 0.5) is 32.0 Å². The lowest BCUT2D eigenvalue weighted by Crippen LogP contribution is -2.44. The van der Waals surface area contributed by atoms with E-state index in [0.29, 0.717) is 12.1 Å². The smallest absolute Gasteiger partial charge is 0.359 e. The van der Waals surface area contributed by atoms with E-state index in [-0.39, 0.29) is 34.5 Å². The average molecular weight is 635 g/mol. The Morgan fingerprint density at radius 1 is 0.791 bits per heavy atom. The highest BCUT2D eigenvalue weighted by molar-refractivity contribution is 7.80. The van der Waals surface area contributed by atoms with E-state index in [1.54, 1.807) is 0 Å². The number of thiocarbonyl (C=S) groups is 1. The molecular formula is C33H33F6N2PS. The van der Waals surface area contributed by atoms with Crippen molar-refractivity contribution in [3.05, 3.63) is 101 Å². The standard InChI is InChI=1S/C33H33F6N2PS/c1-21(40-31(43)41-25-19-23(32(34,35)36)18-24(20-25)33(37,38)39)30-28-16-10-2-5-11-22(28)17-29(30)42(26-12-6-3-7-13-26)27-14-8-4-9-15-27/h3-4,6-9,12-15,18-21,29-30H,2,5,10-11,16-17H2,1H3,(H2,40,41,43)/t21-,29+,30?/m1/s1. The number of alkyl halides is 6. The Labute approximate surface area is 254 Å². The van der Waals surface area contributed by atoms with Crippen molar-refractivity contribution >= 4 is 41.5 Å². The van der Waals surface area contributed by atoms with Crippen LogP contribution in [0.25, 0.3) is 0 Å². The second-order valence-electron chi connectivity index (χ2n) is 11.2. The van der Waals surface area contributed by atoms with E-state index in [9.17, 15) is 26.3 Å². The molecule has 0 aromatic heterocycles. The fourth-order valence-electron chi connectivity index (χ4n) is 6.50. The van der Waals surface area contributed by atoms with Gasteiger partial charge in [-0.2, -0.15) is 26.3 Å². The maximum Gasteiger partial charge on any atom is 0.416 e. The van der Waals surface area contributed by atoms with E-state index < -0.39 is 31.4 Å². The fourth-order valence-corrected chi connectivity index (χ4v) is 10.0. The van der Waals surface area contributed by atoms with E-state index in [1.165, 1.54) is 21.8 Å². The van der Waals surface area contributed by atoms with Crippen LogP contribution in [0.2, 0.25) is 0 Å². The minimum absolute atomic E-state index is 0.00915. The highest BCUT2D eigenvalue weighted by Crippen LogP contribution is 2.55. The molecule has 228 valence electrons. The number of hydrogen-bond donors (Lipinski definition) is 2. The number of allylic oxidation sites excluding steroid dienone is 1. The Morgan fingerprint density at radius 2 is 1.33 bits per heavy atom. The van der Waals surface area contributed by atoms with Crippen LogP contribution in [-0.2, 0) is 12.4 Å². The number of halogens is 6. The first-order valence-electron chi connectivity index (χ1n) is 14.4. The summed E-state index contributed by atoms with van der Waals surface area (Å²) in [5.74, 6) is 0.103. The Balaban J connectivity index is 1.45. The lowest BCUT2D eigenvalue weighted by Gasteiger charge is -2.36. The van der Waals surface area contributed by atoms with Crippen LogP contribution in [0.1, 0.15) is 56.6 Å². The molecule has 0 amide bonds. The highest BCUT2D eigenvalue weighted by atomic mass is 32.1. The maximum atomic E-state index is 13.4. The third kappa shape index (κ3) is 7.43. The van der Waals surface area contributed by atoms with Gasteiger partial charge in [0.15, 0.2) is 5.11 Å². The van der Waals surface area contributed by atoms with E-state index in [1.807, 2.05) is 19.1 Å². The highest BCUT2D eigenvalue weighted by Gasteiger charge is 2.43. The molecule has 43 heavy (non-hydrogen) atoms. The molecule has 0 saturated heterocycles. The Hall–Kier alpha value is -2.90. The molecule has 0 aliphatic heterocycles. The van der Waals surface area contributed by atoms with Crippen LogP contribution >= 0.6 is 20.1 Å². The summed E-state index contributed by atoms with van der Waals surface area (Å²) in [6, 6.07) is 22.2. The zero-order chi connectivity index (χ0) is 30.8. The summed E-state index contributed by atoms with van der Waals surface area (Å²) < 4.78 is 80.6. The topological polar surface area (TPSA) is 24.1 Å². The monoisotopic (exact) mass is 634 g/mol. The molecule has 0 heterocycles. The Morgan fingerprint density at radius 3 is 1.86 bits per heavy atom. The van der Waals surface area contributed by atoms with Crippen LogP contribution in [0.5, 0.6) is 0 Å². The molecule has 0 saturated carbocycles. The summed E-state index contributed by atoms with van der Waals surface area (Å²) >= 11 is 5.49. The van der Waals surface area contributed by atoms with Gasteiger partial charge in [-0.15, -0.1) is 0 Å². The van der Waals surface area contributed by atoms with E-state index in [4.69, 9.17) is 12.2 Å². The molecule has 0 spiro atoms. The molecule has 0 fully saturated rings. The largest absolute Gasteiger partial charge is 0.416 e. The van der Waals surface area contributed by atoms with Gasteiger partial charge in [0.25, 0.3) is 0 Å². The summed E-state index contributed by atoms with van der Waals surface area (Å²) in [5.41, 5.74) is 0.0519. The number of anilines is 1. The molecule has 0 bridgehead atoms. The Bertz CT molecular complexity index is 1380. The molecule has 2 nitrogen and oxygen atoms in total. The third-order valence-electron chi connectivity index (χ3n) is 8.29. The van der Waals surface area contributed by atoms with E-state index >= 15 is 0 Å². The van der Waals surface area contributed by atoms with E-state index in [2.05, 4.69) is 59.2 Å². The fraction of sp³-hybridized carbons (Fsp3) is 0.364. The lowest BCUT2D eigenvalue weighted by atomic mass is 9.90. The molecule has 5 rings (SSSR count). The van der Waals surface area contributed by atoms with Gasteiger partial charge in [0, 0.05) is 17.6 Å². The zero-order valence-corrected chi connectivity index (χ0v) is 25.3. The van der Waals surface area contributed by atoms with Gasteiger partial charge in [0.05, 0.1) is 11.1 Å². The van der Waals surface area contributed by atoms with Gasteiger partial charge in [-0.3, -0.25) is 0 Å². The molecule has 3 aromatic rings. The normalized spacial score (nSPS) is 20.0. The van der Waals surface area contributed by atoms with Crippen molar-refractivity contribution in [3.8, 4) is 0 Å². The minimum Gasteiger partial charge on any atom is -0.359 e. The number of benzene rings is 3. The predicted octanol–water partition coefficient (Wildman–Crippen LogP) is 9.18. The third-order valence-corrected chi connectivity index (χ3v) is 11.4. The van der Waals surface area contributed by atoms with E-state index in [0.717, 1.165) is 38.5 Å². The summed E-state index contributed by atoms with van der Waals surface area (Å²) in [5, 5.41) is 8.42. The summed E-state index contributed by atoms with van der Waals surface area (Å²) in [6.07, 6.45) is -3.48. The molecule has 0 radical (unpaired) electrons. The van der Waals surface area contributed by atoms with Gasteiger partial charge in [-0.1, -0.05) is 78.2 Å². The average Bonchev–Trinajstić information content (AvgIpc) is 3.14. The van der Waals surface area contributed by atoms with Gasteiger partial charge in [-0.25, -0.2) is 0 Å². The molecule has 2 aliphatic carbocycles. The van der Waals surface area contributed by atoms with Crippen LogP contribution in [0, 0.1) is 5.92 Å². The van der Waals surface area contributed by atoms with Crippen molar-refractivity contribution in [1.29, 1.82) is 0 Å². The molecular weight excluding hydrogens is 601 g/mol. The maximum absolute atomic E-state index is 13.4. The van der Waals surface area contributed by atoms with Crippen LogP contribution in [0.15, 0.2) is 90.0 Å². The first-order chi connectivity index (χ1) is 20.4. The molecule has 2 N–H and O–H groups in total. The summed E-state index contributed by atoms with van der Waals surface area (Å²) in [6.45, 7) is 2.02. The van der Waals surface area contributed by atoms with Gasteiger partial charge in [0.1, 0.15) is 0 Å². The molecule has 3 aromatic carbocycles. The second-order valence-corrected chi connectivity index (χ2v) is 14.1. The second kappa shape index (κ2) is 13.0. The van der Waals surface area contributed by atoms with Crippen molar-refractivity contribution in [2.75, 3.05) is 5.32 Å². The molecule has 1 unspecified atom stereocenters. The number of nitrogens with one attached hydrogen (secondary N) is 2. The summed E-state index contributed by atoms with van der Waals surface area (Å²) in [7, 11) is -0.773. The lowest BCUT2D eigenvalue weighted by molar-refractivity contribution is -0.143. The van der Waals surface area contributed by atoms with Crippen molar-refractivity contribution in [2.45, 2.75) is 69.5 Å². The van der Waals surface area contributed by atoms with Crippen molar-refractivity contribution in [1.82, 2.24) is 5.32 Å². The number of rotatable bonds is 6. The molecule has 10 heteroatoms. The quantitative estimate of drug-likeness (QED) is 0.122. The van der Waals surface area contributed by atoms with Gasteiger partial charge in [-0.05, 0) is 93.6 Å². The predicted molar refractivity (Wildman–Crippen MR) is 166 cm³/mol. The van der Waals surface area contributed by atoms with Crippen molar-refractivity contribution in [2.24, 2.45) is 5.92 Å². The summed E-state index contributed by atoms with van der Waals surface area (Å²) in [4.78, 5) is 0. The van der Waals surface area contributed by atoms with Crippen LogP contribution in [0.3, 0.4) is 0 Å². The van der Waals surface area contributed by atoms with Gasteiger partial charge < -0.3 is 10.6 Å². The van der Waals surface area contributed by atoms with Gasteiger partial charge >= 0.3 is 12.4 Å². The first-order valence-corrected chi connectivity index (χ1v) is 16.2. The molecule has 2 aliphatic rings. The SMILES string of the molecule is C[C@@H](NC(=S)Nc1cc(C(F)(F)F)cc(C(F)(F)F)c1)C1C2=C(CCCCC2)C[C@@H]1P(c1ccccc1)c1ccccc1. The van der Waals surface area contributed by atoms with Crippen LogP contribution < -0.4 is 21.2 Å². The van der Waals surface area contributed by atoms with Crippen LogP contribution in [-0.4, -0.2) is 16.8 Å². The Kier molecular flexibility index (Phi) is 9.52. The first kappa shape index (κ1) is 31.5. The number of hydrogen-bond acceptors (Lipinski definition) is 1.